The lowest BCUT2D eigenvalue weighted by Crippen LogP contribution is -2.28. The molecule has 2 heteroatoms. The van der Waals surface area contributed by atoms with Crippen LogP contribution in [0.15, 0.2) is 60.7 Å². The molecule has 20 heavy (non-hydrogen) atoms. The Hall–Kier alpha value is -2.09. The predicted octanol–water partition coefficient (Wildman–Crippen LogP) is 3.39. The standard InChI is InChI=1S/C18H19NO/c20-18(17-9-5-2-6-10-17)19-12-11-16(14-19)13-15-7-3-1-4-8-15/h1-10,16H,11-14H2. The molecule has 0 saturated carbocycles. The summed E-state index contributed by atoms with van der Waals surface area (Å²) < 4.78 is 0. The molecule has 0 aliphatic carbocycles. The summed E-state index contributed by atoms with van der Waals surface area (Å²) in [7, 11) is 0. The van der Waals surface area contributed by atoms with Gasteiger partial charge in [0.05, 0.1) is 0 Å². The van der Waals surface area contributed by atoms with E-state index in [4.69, 9.17) is 0 Å². The molecule has 102 valence electrons. The minimum Gasteiger partial charge on any atom is -0.338 e. The molecule has 0 radical (unpaired) electrons. The largest absolute Gasteiger partial charge is 0.338 e. The average molecular weight is 265 g/mol. The van der Waals surface area contributed by atoms with Crippen LogP contribution in [0.3, 0.4) is 0 Å². The van der Waals surface area contributed by atoms with Crippen LogP contribution in [0, 0.1) is 5.92 Å². The SMILES string of the molecule is O=C(c1ccccc1)N1CCC(Cc2ccccc2)C1. The Bertz CT molecular complexity index is 564. The maximum atomic E-state index is 12.4. The second kappa shape index (κ2) is 5.91. The summed E-state index contributed by atoms with van der Waals surface area (Å²) in [5, 5.41) is 0. The Kier molecular flexibility index (Phi) is 3.82. The number of hydrogen-bond donors (Lipinski definition) is 0. The van der Waals surface area contributed by atoms with E-state index in [-0.39, 0.29) is 5.91 Å². The van der Waals surface area contributed by atoms with E-state index in [1.807, 2.05) is 41.3 Å². The number of rotatable bonds is 3. The summed E-state index contributed by atoms with van der Waals surface area (Å²) in [5.74, 6) is 0.756. The molecule has 1 aliphatic heterocycles. The Balaban J connectivity index is 1.61. The Morgan fingerprint density at radius 2 is 1.65 bits per heavy atom. The molecule has 1 aliphatic rings. The number of benzene rings is 2. The van der Waals surface area contributed by atoms with Gasteiger partial charge in [-0.05, 0) is 36.5 Å². The molecule has 1 unspecified atom stereocenters. The summed E-state index contributed by atoms with van der Waals surface area (Å²) >= 11 is 0. The van der Waals surface area contributed by atoms with E-state index < -0.39 is 0 Å². The smallest absolute Gasteiger partial charge is 0.253 e. The van der Waals surface area contributed by atoms with Gasteiger partial charge in [-0.15, -0.1) is 0 Å². The van der Waals surface area contributed by atoms with Crippen LogP contribution in [0.2, 0.25) is 0 Å². The fraction of sp³-hybridized carbons (Fsp3) is 0.278. The van der Waals surface area contributed by atoms with E-state index in [1.54, 1.807) is 0 Å². The Morgan fingerprint density at radius 3 is 2.35 bits per heavy atom. The summed E-state index contributed by atoms with van der Waals surface area (Å²) in [5.41, 5.74) is 2.17. The third kappa shape index (κ3) is 2.90. The number of carbonyl (C=O) groups excluding carboxylic acids is 1. The van der Waals surface area contributed by atoms with Gasteiger partial charge in [-0.2, -0.15) is 0 Å². The number of carbonyl (C=O) groups is 1. The second-order valence-electron chi connectivity index (χ2n) is 5.46. The zero-order valence-corrected chi connectivity index (χ0v) is 11.5. The van der Waals surface area contributed by atoms with Crippen molar-refractivity contribution in [2.75, 3.05) is 13.1 Å². The number of likely N-dealkylation sites (tertiary alicyclic amines) is 1. The van der Waals surface area contributed by atoms with Gasteiger partial charge < -0.3 is 4.90 Å². The molecular formula is C18H19NO. The molecule has 2 nitrogen and oxygen atoms in total. The zero-order valence-electron chi connectivity index (χ0n) is 11.5. The van der Waals surface area contributed by atoms with Gasteiger partial charge in [-0.1, -0.05) is 48.5 Å². The average Bonchev–Trinajstić information content (AvgIpc) is 2.97. The molecule has 1 fully saturated rings. The molecule has 1 saturated heterocycles. The monoisotopic (exact) mass is 265 g/mol. The summed E-state index contributed by atoms with van der Waals surface area (Å²) in [6.07, 6.45) is 2.17. The molecule has 2 aromatic carbocycles. The molecule has 0 bridgehead atoms. The lowest BCUT2D eigenvalue weighted by molar-refractivity contribution is 0.0787. The van der Waals surface area contributed by atoms with Crippen LogP contribution >= 0.6 is 0 Å². The van der Waals surface area contributed by atoms with Crippen LogP contribution in [-0.4, -0.2) is 23.9 Å². The van der Waals surface area contributed by atoms with Crippen molar-refractivity contribution in [3.05, 3.63) is 71.8 Å². The molecular weight excluding hydrogens is 246 g/mol. The maximum Gasteiger partial charge on any atom is 0.253 e. The first-order valence-corrected chi connectivity index (χ1v) is 7.21. The molecule has 3 rings (SSSR count). The summed E-state index contributed by atoms with van der Waals surface area (Å²) in [6.45, 7) is 1.76. The van der Waals surface area contributed by atoms with Crippen molar-refractivity contribution in [3.63, 3.8) is 0 Å². The number of hydrogen-bond acceptors (Lipinski definition) is 1. The van der Waals surface area contributed by atoms with Gasteiger partial charge in [-0.3, -0.25) is 4.79 Å². The van der Waals surface area contributed by atoms with Crippen molar-refractivity contribution in [1.29, 1.82) is 0 Å². The predicted molar refractivity (Wildman–Crippen MR) is 80.6 cm³/mol. The lowest BCUT2D eigenvalue weighted by atomic mass is 9.99. The van der Waals surface area contributed by atoms with E-state index >= 15 is 0 Å². The van der Waals surface area contributed by atoms with Gasteiger partial charge in [-0.25, -0.2) is 0 Å². The molecule has 0 aromatic heterocycles. The summed E-state index contributed by atoms with van der Waals surface area (Å²) in [6, 6.07) is 20.1. The third-order valence-electron chi connectivity index (χ3n) is 3.96. The first kappa shape index (κ1) is 12.9. The highest BCUT2D eigenvalue weighted by Gasteiger charge is 2.26. The molecule has 1 atom stereocenters. The van der Waals surface area contributed by atoms with Crippen LogP contribution in [0.4, 0.5) is 0 Å². The first-order valence-electron chi connectivity index (χ1n) is 7.21. The quantitative estimate of drug-likeness (QED) is 0.833. The number of nitrogens with zero attached hydrogens (tertiary/aromatic N) is 1. The van der Waals surface area contributed by atoms with Gasteiger partial charge in [0, 0.05) is 18.7 Å². The highest BCUT2D eigenvalue weighted by Crippen LogP contribution is 2.22. The molecule has 0 N–H and O–H groups in total. The normalized spacial score (nSPS) is 18.2. The minimum absolute atomic E-state index is 0.168. The van der Waals surface area contributed by atoms with Gasteiger partial charge in [0.1, 0.15) is 0 Å². The highest BCUT2D eigenvalue weighted by molar-refractivity contribution is 5.94. The van der Waals surface area contributed by atoms with E-state index in [0.717, 1.165) is 31.5 Å². The van der Waals surface area contributed by atoms with Crippen molar-refractivity contribution >= 4 is 5.91 Å². The fourth-order valence-corrected chi connectivity index (χ4v) is 2.89. The second-order valence-corrected chi connectivity index (χ2v) is 5.46. The van der Waals surface area contributed by atoms with Crippen LogP contribution < -0.4 is 0 Å². The van der Waals surface area contributed by atoms with Gasteiger partial charge >= 0.3 is 0 Å². The zero-order chi connectivity index (χ0) is 13.8. The van der Waals surface area contributed by atoms with Crippen LogP contribution in [0.5, 0.6) is 0 Å². The Labute approximate surface area is 120 Å². The molecule has 1 amide bonds. The van der Waals surface area contributed by atoms with Gasteiger partial charge in [0.25, 0.3) is 5.91 Å². The number of amides is 1. The summed E-state index contributed by atoms with van der Waals surface area (Å²) in [4.78, 5) is 14.4. The van der Waals surface area contributed by atoms with E-state index in [0.29, 0.717) is 5.92 Å². The van der Waals surface area contributed by atoms with Gasteiger partial charge in [0.15, 0.2) is 0 Å². The van der Waals surface area contributed by atoms with Crippen molar-refractivity contribution in [2.45, 2.75) is 12.8 Å². The third-order valence-corrected chi connectivity index (χ3v) is 3.96. The van der Waals surface area contributed by atoms with Gasteiger partial charge in [0.2, 0.25) is 0 Å². The maximum absolute atomic E-state index is 12.4. The molecule has 1 heterocycles. The van der Waals surface area contributed by atoms with E-state index in [9.17, 15) is 4.79 Å². The van der Waals surface area contributed by atoms with E-state index in [2.05, 4.69) is 24.3 Å². The van der Waals surface area contributed by atoms with Crippen LogP contribution in [0.1, 0.15) is 22.3 Å². The van der Waals surface area contributed by atoms with Crippen molar-refractivity contribution in [1.82, 2.24) is 4.90 Å². The van der Waals surface area contributed by atoms with E-state index in [1.165, 1.54) is 5.56 Å². The Morgan fingerprint density at radius 1 is 1.00 bits per heavy atom. The van der Waals surface area contributed by atoms with Crippen molar-refractivity contribution < 1.29 is 4.79 Å². The van der Waals surface area contributed by atoms with Crippen molar-refractivity contribution in [2.24, 2.45) is 5.92 Å². The lowest BCUT2D eigenvalue weighted by Gasteiger charge is -2.16. The topological polar surface area (TPSA) is 20.3 Å². The first-order chi connectivity index (χ1) is 9.83. The fourth-order valence-electron chi connectivity index (χ4n) is 2.89. The van der Waals surface area contributed by atoms with Crippen LogP contribution in [0.25, 0.3) is 0 Å². The molecule has 2 aromatic rings. The minimum atomic E-state index is 0.168. The molecule has 0 spiro atoms. The highest BCUT2D eigenvalue weighted by atomic mass is 16.2. The van der Waals surface area contributed by atoms with Crippen LogP contribution in [-0.2, 0) is 6.42 Å². The van der Waals surface area contributed by atoms with Crippen molar-refractivity contribution in [3.8, 4) is 0 Å².